The average molecular weight is 203 g/mol. The van der Waals surface area contributed by atoms with Crippen LogP contribution in [0.15, 0.2) is 14.7 Å². The predicted octanol–water partition coefficient (Wildman–Crippen LogP) is -1.45. The Morgan fingerprint density at radius 3 is 2.92 bits per heavy atom. The maximum Gasteiger partial charge on any atom is 0.339 e. The summed E-state index contributed by atoms with van der Waals surface area (Å²) in [6, 6.07) is 0. The first-order valence-corrected chi connectivity index (χ1v) is 4.54. The third-order valence-corrected chi connectivity index (χ3v) is 2.28. The van der Waals surface area contributed by atoms with Gasteiger partial charge in [-0.25, -0.2) is 0 Å². The van der Waals surface area contributed by atoms with Crippen LogP contribution in [0.25, 0.3) is 0 Å². The van der Waals surface area contributed by atoms with E-state index in [0.717, 1.165) is 0 Å². The van der Waals surface area contributed by atoms with Crippen LogP contribution in [0.2, 0.25) is 0 Å². The molecule has 1 rings (SSSR count). The lowest BCUT2D eigenvalue weighted by molar-refractivity contribution is 0.322. The first kappa shape index (κ1) is 10.0. The Morgan fingerprint density at radius 2 is 2.31 bits per heavy atom. The molecule has 6 nitrogen and oxygen atoms in total. The van der Waals surface area contributed by atoms with E-state index in [2.05, 4.69) is 10.1 Å². The molecule has 1 aromatic rings. The van der Waals surface area contributed by atoms with E-state index < -0.39 is 11.1 Å². The highest BCUT2D eigenvalue weighted by Crippen LogP contribution is 2.09. The van der Waals surface area contributed by atoms with Crippen molar-refractivity contribution >= 4 is 11.8 Å². The Kier molecular flexibility index (Phi) is 3.26. The minimum atomic E-state index is -0.807. The van der Waals surface area contributed by atoms with Gasteiger partial charge in [-0.1, -0.05) is 11.8 Å². The fourth-order valence-electron chi connectivity index (χ4n) is 0.727. The summed E-state index contributed by atoms with van der Waals surface area (Å²) in [7, 11) is 1.58. The number of aliphatic hydroxyl groups excluding tert-OH is 1. The number of aromatic nitrogens is 3. The molecule has 2 N–H and O–H groups in total. The van der Waals surface area contributed by atoms with Crippen molar-refractivity contribution in [2.45, 2.75) is 5.16 Å². The molecule has 0 unspecified atom stereocenters. The number of aliphatic hydroxyl groups is 1. The van der Waals surface area contributed by atoms with Crippen molar-refractivity contribution in [3.8, 4) is 0 Å². The van der Waals surface area contributed by atoms with E-state index in [4.69, 9.17) is 5.11 Å². The number of rotatable bonds is 3. The summed E-state index contributed by atoms with van der Waals surface area (Å²) in [5, 5.41) is 11.2. The van der Waals surface area contributed by atoms with Crippen LogP contribution in [0.4, 0.5) is 0 Å². The SMILES string of the molecule is Cn1[nH]c(=O)c(=O)nc1SCCO. The second kappa shape index (κ2) is 4.24. The number of hydrogen-bond acceptors (Lipinski definition) is 5. The van der Waals surface area contributed by atoms with E-state index in [1.165, 1.54) is 16.4 Å². The quantitative estimate of drug-likeness (QED) is 0.463. The average Bonchev–Trinajstić information content (AvgIpc) is 2.09. The number of nitrogens with one attached hydrogen (secondary N) is 1. The maximum absolute atomic E-state index is 10.8. The van der Waals surface area contributed by atoms with Crippen LogP contribution in [-0.4, -0.2) is 32.2 Å². The van der Waals surface area contributed by atoms with Crippen molar-refractivity contribution < 1.29 is 5.11 Å². The van der Waals surface area contributed by atoms with Gasteiger partial charge in [0.25, 0.3) is 0 Å². The summed E-state index contributed by atoms with van der Waals surface area (Å²) in [4.78, 5) is 25.1. The number of thioether (sulfide) groups is 1. The van der Waals surface area contributed by atoms with Crippen molar-refractivity contribution in [3.05, 3.63) is 20.7 Å². The molecule has 0 atom stereocenters. The summed E-state index contributed by atoms with van der Waals surface area (Å²) in [6.07, 6.45) is 0. The molecule has 1 aromatic heterocycles. The van der Waals surface area contributed by atoms with Crippen LogP contribution < -0.4 is 11.1 Å². The van der Waals surface area contributed by atoms with Crippen LogP contribution in [0.1, 0.15) is 0 Å². The van der Waals surface area contributed by atoms with Crippen molar-refractivity contribution in [1.82, 2.24) is 14.8 Å². The molecular weight excluding hydrogens is 194 g/mol. The van der Waals surface area contributed by atoms with Crippen LogP contribution in [0.5, 0.6) is 0 Å². The Labute approximate surface area is 77.6 Å². The molecule has 13 heavy (non-hydrogen) atoms. The largest absolute Gasteiger partial charge is 0.396 e. The van der Waals surface area contributed by atoms with Gasteiger partial charge in [-0.3, -0.25) is 19.4 Å². The number of aryl methyl sites for hydroxylation is 1. The van der Waals surface area contributed by atoms with Crippen molar-refractivity contribution in [2.75, 3.05) is 12.4 Å². The van der Waals surface area contributed by atoms with Gasteiger partial charge < -0.3 is 5.11 Å². The fraction of sp³-hybridized carbons (Fsp3) is 0.500. The van der Waals surface area contributed by atoms with Crippen molar-refractivity contribution in [2.24, 2.45) is 7.05 Å². The number of aromatic amines is 1. The Hall–Kier alpha value is -1.08. The molecule has 1 heterocycles. The molecule has 0 fully saturated rings. The molecule has 0 spiro atoms. The van der Waals surface area contributed by atoms with Gasteiger partial charge >= 0.3 is 11.1 Å². The summed E-state index contributed by atoms with van der Waals surface area (Å²) in [5.41, 5.74) is -1.55. The second-order valence-corrected chi connectivity index (χ2v) is 3.33. The van der Waals surface area contributed by atoms with Gasteiger partial charge in [-0.05, 0) is 0 Å². The number of nitrogens with zero attached hydrogens (tertiary/aromatic N) is 2. The zero-order chi connectivity index (χ0) is 9.84. The van der Waals surface area contributed by atoms with E-state index in [1.54, 1.807) is 7.05 Å². The van der Waals surface area contributed by atoms with Crippen LogP contribution in [0.3, 0.4) is 0 Å². The Bertz CT molecular complexity index is 397. The second-order valence-electron chi connectivity index (χ2n) is 2.27. The minimum Gasteiger partial charge on any atom is -0.396 e. The van der Waals surface area contributed by atoms with E-state index in [0.29, 0.717) is 10.9 Å². The lowest BCUT2D eigenvalue weighted by Crippen LogP contribution is -2.33. The van der Waals surface area contributed by atoms with E-state index in [-0.39, 0.29) is 6.61 Å². The Balaban J connectivity index is 3.02. The smallest absolute Gasteiger partial charge is 0.339 e. The first-order valence-electron chi connectivity index (χ1n) is 3.56. The zero-order valence-electron chi connectivity index (χ0n) is 6.98. The maximum atomic E-state index is 10.8. The molecule has 0 aliphatic heterocycles. The van der Waals surface area contributed by atoms with Crippen molar-refractivity contribution in [1.29, 1.82) is 0 Å². The molecule has 0 aliphatic rings. The molecule has 7 heteroatoms. The normalized spacial score (nSPS) is 10.3. The van der Waals surface area contributed by atoms with Gasteiger partial charge in [0, 0.05) is 12.8 Å². The van der Waals surface area contributed by atoms with Crippen molar-refractivity contribution in [3.63, 3.8) is 0 Å². The van der Waals surface area contributed by atoms with Crippen LogP contribution >= 0.6 is 11.8 Å². The van der Waals surface area contributed by atoms with Crippen LogP contribution in [-0.2, 0) is 7.05 Å². The van der Waals surface area contributed by atoms with Gasteiger partial charge in [0.2, 0.25) is 0 Å². The standard InChI is InChI=1S/C6H9N3O3S/c1-9-6(13-3-2-10)7-4(11)5(12)8-9/h10H,2-3H2,1H3,(H,8,12). The molecule has 0 bridgehead atoms. The van der Waals surface area contributed by atoms with Gasteiger partial charge in [0.1, 0.15) is 0 Å². The lowest BCUT2D eigenvalue weighted by Gasteiger charge is -2.03. The molecule has 0 aliphatic carbocycles. The summed E-state index contributed by atoms with van der Waals surface area (Å²) in [6.45, 7) is -0.000334. The Morgan fingerprint density at radius 1 is 1.62 bits per heavy atom. The van der Waals surface area contributed by atoms with Gasteiger partial charge in [-0.2, -0.15) is 4.98 Å². The van der Waals surface area contributed by atoms with Gasteiger partial charge in [-0.15, -0.1) is 0 Å². The molecular formula is C6H9N3O3S. The minimum absolute atomic E-state index is 0.000334. The summed E-state index contributed by atoms with van der Waals surface area (Å²) in [5.74, 6) is 0.437. The molecule has 0 radical (unpaired) electrons. The topological polar surface area (TPSA) is 88.0 Å². The molecule has 0 aromatic carbocycles. The molecule has 0 saturated carbocycles. The highest BCUT2D eigenvalue weighted by molar-refractivity contribution is 7.99. The van der Waals surface area contributed by atoms with E-state index in [1.807, 2.05) is 0 Å². The third-order valence-electron chi connectivity index (χ3n) is 1.27. The van der Waals surface area contributed by atoms with Gasteiger partial charge in [0.15, 0.2) is 5.16 Å². The number of hydrogen-bond donors (Lipinski definition) is 2. The molecule has 0 saturated heterocycles. The monoisotopic (exact) mass is 203 g/mol. The van der Waals surface area contributed by atoms with Crippen LogP contribution in [0, 0.1) is 0 Å². The molecule has 72 valence electrons. The lowest BCUT2D eigenvalue weighted by atomic mass is 10.8. The summed E-state index contributed by atoms with van der Waals surface area (Å²) < 4.78 is 1.35. The number of H-pyrrole nitrogens is 1. The van der Waals surface area contributed by atoms with E-state index >= 15 is 0 Å². The first-order chi connectivity index (χ1) is 6.15. The fourth-order valence-corrected chi connectivity index (χ4v) is 1.39. The molecule has 0 amide bonds. The highest BCUT2D eigenvalue weighted by atomic mass is 32.2. The zero-order valence-corrected chi connectivity index (χ0v) is 7.80. The van der Waals surface area contributed by atoms with E-state index in [9.17, 15) is 9.59 Å². The van der Waals surface area contributed by atoms with Gasteiger partial charge in [0.05, 0.1) is 6.61 Å². The summed E-state index contributed by atoms with van der Waals surface area (Å²) >= 11 is 1.20. The predicted molar refractivity (Wildman–Crippen MR) is 47.9 cm³/mol. The highest BCUT2D eigenvalue weighted by Gasteiger charge is 2.02. The third kappa shape index (κ3) is 2.43.